The molecule has 1 fully saturated rings. The Bertz CT molecular complexity index is 1810. The van der Waals surface area contributed by atoms with Crippen molar-refractivity contribution in [1.82, 2.24) is 19.5 Å². The first-order valence-electron chi connectivity index (χ1n) is 16.3. The van der Waals surface area contributed by atoms with Crippen molar-refractivity contribution < 1.29 is 22.7 Å². The van der Waals surface area contributed by atoms with Gasteiger partial charge in [-0.2, -0.15) is 14.4 Å². The maximum Gasteiger partial charge on any atom is 0.312 e. The SMILES string of the molecule is CCC1O[C@@H](n2cnc3c(NC(c4ccccc4)(c4ccccc4)c4ccc(OC)cc4)nc(F)nc32)[C@@H](F)[C@@H]1O[Si](C)(C)C(C)(C)C. The zero-order valence-electron chi connectivity index (χ0n) is 28.4. The maximum atomic E-state index is 16.5. The molecule has 3 heterocycles. The van der Waals surface area contributed by atoms with E-state index in [4.69, 9.17) is 13.9 Å². The zero-order valence-corrected chi connectivity index (χ0v) is 29.4. The van der Waals surface area contributed by atoms with Gasteiger partial charge in [0.25, 0.3) is 0 Å². The van der Waals surface area contributed by atoms with Gasteiger partial charge in [-0.15, -0.1) is 0 Å². The second-order valence-electron chi connectivity index (χ2n) is 13.8. The molecular formula is C37H43F2N5O3Si. The van der Waals surface area contributed by atoms with Crippen molar-refractivity contribution in [2.24, 2.45) is 0 Å². The molecule has 0 radical (unpaired) electrons. The highest BCUT2D eigenvalue weighted by molar-refractivity contribution is 6.74. The standard InChI is InChI=1S/C37H43F2N5O3Si/c1-8-28-31(47-48(6,7)36(2,3)4)29(38)34(46-28)44-23-40-30-32(41-35(39)42-33(30)44)43-37(24-15-11-9-12-16-24,25-17-13-10-14-18-25)26-19-21-27(45-5)22-20-26/h9-23,28-29,31,34H,8H2,1-7H3,(H,41,42,43)/t28?,29-,31+,34+/m0/s1. The molecule has 3 aromatic carbocycles. The van der Waals surface area contributed by atoms with Gasteiger partial charge in [0, 0.05) is 0 Å². The van der Waals surface area contributed by atoms with Crippen LogP contribution in [0.5, 0.6) is 5.75 Å². The summed E-state index contributed by atoms with van der Waals surface area (Å²) in [5, 5.41) is 3.48. The Hall–Kier alpha value is -4.19. The van der Waals surface area contributed by atoms with Gasteiger partial charge in [-0.1, -0.05) is 100 Å². The van der Waals surface area contributed by atoms with Crippen LogP contribution in [0.25, 0.3) is 11.2 Å². The van der Waals surface area contributed by atoms with Gasteiger partial charge in [0.05, 0.1) is 19.5 Å². The van der Waals surface area contributed by atoms with Crippen molar-refractivity contribution >= 4 is 25.3 Å². The number of hydrogen-bond acceptors (Lipinski definition) is 7. The first-order chi connectivity index (χ1) is 22.9. The van der Waals surface area contributed by atoms with Gasteiger partial charge in [-0.05, 0) is 53.4 Å². The molecule has 1 saturated heterocycles. The molecule has 0 saturated carbocycles. The minimum Gasteiger partial charge on any atom is -0.497 e. The van der Waals surface area contributed by atoms with E-state index in [0.29, 0.717) is 12.2 Å². The Morgan fingerprint density at radius 3 is 2.02 bits per heavy atom. The number of fused-ring (bicyclic) bond motifs is 1. The number of rotatable bonds is 10. The summed E-state index contributed by atoms with van der Waals surface area (Å²) in [4.78, 5) is 13.0. The number of imidazole rings is 1. The van der Waals surface area contributed by atoms with Crippen molar-refractivity contribution in [3.63, 3.8) is 0 Å². The van der Waals surface area contributed by atoms with Crippen molar-refractivity contribution in [1.29, 1.82) is 0 Å². The van der Waals surface area contributed by atoms with Gasteiger partial charge >= 0.3 is 6.08 Å². The quantitative estimate of drug-likeness (QED) is 0.0907. The van der Waals surface area contributed by atoms with Gasteiger partial charge in [0.2, 0.25) is 0 Å². The summed E-state index contributed by atoms with van der Waals surface area (Å²) in [5.74, 6) is 0.843. The zero-order chi connectivity index (χ0) is 34.3. The minimum absolute atomic E-state index is 0.115. The molecule has 1 aliphatic rings. The van der Waals surface area contributed by atoms with Crippen LogP contribution >= 0.6 is 0 Å². The smallest absolute Gasteiger partial charge is 0.312 e. The molecule has 0 aliphatic carbocycles. The van der Waals surface area contributed by atoms with E-state index < -0.39 is 44.5 Å². The molecule has 11 heteroatoms. The summed E-state index contributed by atoms with van der Waals surface area (Å²) >= 11 is 0. The summed E-state index contributed by atoms with van der Waals surface area (Å²) in [6.07, 6.45) is -2.87. The highest BCUT2D eigenvalue weighted by Gasteiger charge is 2.51. The molecule has 4 atom stereocenters. The summed E-state index contributed by atoms with van der Waals surface area (Å²) in [6.45, 7) is 12.5. The van der Waals surface area contributed by atoms with Crippen LogP contribution in [0.15, 0.2) is 91.3 Å². The Balaban J connectivity index is 1.47. The average molecular weight is 672 g/mol. The van der Waals surface area contributed by atoms with Crippen LogP contribution in [0.3, 0.4) is 0 Å². The predicted octanol–water partition coefficient (Wildman–Crippen LogP) is 8.41. The van der Waals surface area contributed by atoms with Crippen LogP contribution in [0, 0.1) is 6.08 Å². The topological polar surface area (TPSA) is 83.3 Å². The van der Waals surface area contributed by atoms with Gasteiger partial charge in [0.15, 0.2) is 37.7 Å². The van der Waals surface area contributed by atoms with Crippen molar-refractivity contribution in [3.8, 4) is 5.75 Å². The Morgan fingerprint density at radius 2 is 1.48 bits per heavy atom. The number of anilines is 1. The van der Waals surface area contributed by atoms with Crippen LogP contribution in [0.1, 0.15) is 57.0 Å². The average Bonchev–Trinajstić information content (AvgIpc) is 3.63. The molecule has 0 spiro atoms. The second kappa shape index (κ2) is 13.0. The number of methoxy groups -OCH3 is 1. The molecule has 252 valence electrons. The third-order valence-electron chi connectivity index (χ3n) is 9.82. The lowest BCUT2D eigenvalue weighted by Crippen LogP contribution is -2.48. The molecule has 1 N–H and O–H groups in total. The van der Waals surface area contributed by atoms with E-state index >= 15 is 8.78 Å². The van der Waals surface area contributed by atoms with Gasteiger partial charge in [0.1, 0.15) is 17.4 Å². The predicted molar refractivity (Wildman–Crippen MR) is 186 cm³/mol. The molecule has 1 aliphatic heterocycles. The summed E-state index contributed by atoms with van der Waals surface area (Å²) in [7, 11) is -0.717. The van der Waals surface area contributed by atoms with Gasteiger partial charge in [-0.3, -0.25) is 4.57 Å². The maximum absolute atomic E-state index is 16.5. The molecule has 2 aromatic heterocycles. The fraction of sp³-hybridized carbons (Fsp3) is 0.378. The molecule has 1 unspecified atom stereocenters. The van der Waals surface area contributed by atoms with E-state index in [1.54, 1.807) is 7.11 Å². The van der Waals surface area contributed by atoms with Crippen LogP contribution in [-0.4, -0.2) is 53.3 Å². The molecule has 0 bridgehead atoms. The fourth-order valence-electron chi connectivity index (χ4n) is 6.18. The van der Waals surface area contributed by atoms with Gasteiger partial charge < -0.3 is 19.2 Å². The van der Waals surface area contributed by atoms with Crippen molar-refractivity contribution in [3.05, 3.63) is 114 Å². The summed E-state index contributed by atoms with van der Waals surface area (Å²) in [5.41, 5.74) is 1.96. The third-order valence-corrected chi connectivity index (χ3v) is 14.3. The highest BCUT2D eigenvalue weighted by Crippen LogP contribution is 2.45. The normalized spacial score (nSPS) is 20.3. The van der Waals surface area contributed by atoms with Gasteiger partial charge in [-0.25, -0.2) is 9.37 Å². The van der Waals surface area contributed by atoms with E-state index in [1.807, 2.05) is 91.9 Å². The minimum atomic E-state index is -2.33. The van der Waals surface area contributed by atoms with E-state index in [-0.39, 0.29) is 22.0 Å². The van der Waals surface area contributed by atoms with E-state index in [9.17, 15) is 0 Å². The number of benzene rings is 3. The Morgan fingerprint density at radius 1 is 0.896 bits per heavy atom. The van der Waals surface area contributed by atoms with E-state index in [1.165, 1.54) is 10.9 Å². The highest BCUT2D eigenvalue weighted by atomic mass is 28.4. The largest absolute Gasteiger partial charge is 0.497 e. The summed E-state index contributed by atoms with van der Waals surface area (Å²) < 4.78 is 51.8. The monoisotopic (exact) mass is 671 g/mol. The van der Waals surface area contributed by atoms with Crippen LogP contribution in [-0.2, 0) is 14.7 Å². The molecule has 5 aromatic rings. The molecule has 0 amide bonds. The fourth-order valence-corrected chi connectivity index (χ4v) is 7.49. The van der Waals surface area contributed by atoms with Crippen molar-refractivity contribution in [2.45, 2.75) is 82.4 Å². The van der Waals surface area contributed by atoms with Crippen LogP contribution in [0.2, 0.25) is 18.1 Å². The lowest BCUT2D eigenvalue weighted by molar-refractivity contribution is -0.0229. The van der Waals surface area contributed by atoms with E-state index in [0.717, 1.165) is 16.7 Å². The third kappa shape index (κ3) is 5.99. The number of nitrogens with zero attached hydrogens (tertiary/aromatic N) is 4. The number of alkyl halides is 1. The molecule has 8 nitrogen and oxygen atoms in total. The van der Waals surface area contributed by atoms with Crippen LogP contribution < -0.4 is 10.1 Å². The second-order valence-corrected chi connectivity index (χ2v) is 18.5. The molecule has 6 rings (SSSR count). The van der Waals surface area contributed by atoms with E-state index in [2.05, 4.69) is 54.1 Å². The number of nitrogens with one attached hydrogen (secondary N) is 1. The lowest BCUT2D eigenvalue weighted by Gasteiger charge is -2.39. The molecule has 48 heavy (non-hydrogen) atoms. The first kappa shape index (κ1) is 33.7. The lowest BCUT2D eigenvalue weighted by atomic mass is 9.77. The number of aromatic nitrogens is 4. The van der Waals surface area contributed by atoms with Crippen molar-refractivity contribution in [2.75, 3.05) is 12.4 Å². The first-order valence-corrected chi connectivity index (χ1v) is 19.2. The summed E-state index contributed by atoms with van der Waals surface area (Å²) in [6, 6.07) is 27.4. The molecular weight excluding hydrogens is 629 g/mol. The number of ether oxygens (including phenoxy) is 2. The number of hydrogen-bond donors (Lipinski definition) is 1. The van der Waals surface area contributed by atoms with Crippen LogP contribution in [0.4, 0.5) is 14.6 Å². The Labute approximate surface area is 281 Å². The Kier molecular flexibility index (Phi) is 9.14. The number of halogens is 2.